The highest BCUT2D eigenvalue weighted by Gasteiger charge is 2.25. The summed E-state index contributed by atoms with van der Waals surface area (Å²) in [5.74, 6) is 0. The molecular weight excluding hydrogens is 551 g/mol. The second-order valence-electron chi connectivity index (χ2n) is 12.0. The van der Waals surface area contributed by atoms with E-state index in [4.69, 9.17) is 0 Å². The molecule has 0 N–H and O–H groups in total. The first-order chi connectivity index (χ1) is 21.8. The van der Waals surface area contributed by atoms with Crippen LogP contribution in [-0.4, -0.2) is 4.40 Å². The van der Waals surface area contributed by atoms with Crippen molar-refractivity contribution in [3.05, 3.63) is 140 Å². The number of thiophene rings is 1. The van der Waals surface area contributed by atoms with Gasteiger partial charge in [-0.15, -0.1) is 11.3 Å². The summed E-state index contributed by atoms with van der Waals surface area (Å²) in [6.45, 7) is 0. The van der Waals surface area contributed by atoms with Crippen molar-refractivity contribution in [1.29, 1.82) is 0 Å². The minimum Gasteiger partial charge on any atom is -0.308 e. The van der Waals surface area contributed by atoms with Crippen LogP contribution in [0.2, 0.25) is 0 Å². The third-order valence-corrected chi connectivity index (χ3v) is 11.1. The molecule has 1 nitrogen and oxygen atoms in total. The van der Waals surface area contributed by atoms with Crippen molar-refractivity contribution in [3.8, 4) is 22.3 Å². The van der Waals surface area contributed by atoms with E-state index in [2.05, 4.69) is 144 Å². The maximum Gasteiger partial charge on any atom is 0.0627 e. The fourth-order valence-electron chi connectivity index (χ4n) is 8.11. The van der Waals surface area contributed by atoms with Crippen LogP contribution < -0.4 is 0 Å². The predicted molar refractivity (Wildman–Crippen MR) is 191 cm³/mol. The number of hydrogen-bond donors (Lipinski definition) is 0. The molecule has 8 aromatic carbocycles. The molecule has 3 heterocycles. The number of hydrogen-bond acceptors (Lipinski definition) is 1. The normalized spacial score (nSPS) is 12.5. The van der Waals surface area contributed by atoms with E-state index in [9.17, 15) is 0 Å². The first-order valence-electron chi connectivity index (χ1n) is 15.2. The van der Waals surface area contributed by atoms with E-state index in [-0.39, 0.29) is 0 Å². The summed E-state index contributed by atoms with van der Waals surface area (Å²) in [7, 11) is 0. The summed E-state index contributed by atoms with van der Waals surface area (Å²) in [5, 5.41) is 13.4. The summed E-state index contributed by atoms with van der Waals surface area (Å²) >= 11 is 1.90. The first-order valence-corrected chi connectivity index (χ1v) is 16.0. The van der Waals surface area contributed by atoms with Gasteiger partial charge in [-0.2, -0.15) is 0 Å². The van der Waals surface area contributed by atoms with Gasteiger partial charge in [0.15, 0.2) is 0 Å². The smallest absolute Gasteiger partial charge is 0.0627 e. The van der Waals surface area contributed by atoms with Crippen molar-refractivity contribution in [2.75, 3.05) is 0 Å². The molecule has 0 radical (unpaired) electrons. The van der Waals surface area contributed by atoms with Gasteiger partial charge in [0.1, 0.15) is 0 Å². The molecule has 0 atom stereocenters. The fourth-order valence-corrected chi connectivity index (χ4v) is 9.34. The quantitative estimate of drug-likeness (QED) is 0.181. The van der Waals surface area contributed by atoms with Crippen LogP contribution in [-0.2, 0) is 0 Å². The van der Waals surface area contributed by atoms with Crippen LogP contribution >= 0.6 is 11.3 Å². The third-order valence-electron chi connectivity index (χ3n) is 9.87. The van der Waals surface area contributed by atoms with Gasteiger partial charge in [0.25, 0.3) is 0 Å². The largest absolute Gasteiger partial charge is 0.308 e. The Morgan fingerprint density at radius 2 is 1.02 bits per heavy atom. The molecule has 2 heteroatoms. The average molecular weight is 574 g/mol. The van der Waals surface area contributed by atoms with E-state index >= 15 is 0 Å². The number of rotatable bonds is 2. The summed E-state index contributed by atoms with van der Waals surface area (Å²) in [4.78, 5) is 0. The van der Waals surface area contributed by atoms with Crippen LogP contribution in [0.1, 0.15) is 0 Å². The van der Waals surface area contributed by atoms with Crippen LogP contribution in [0.3, 0.4) is 0 Å². The van der Waals surface area contributed by atoms with Crippen molar-refractivity contribution < 1.29 is 0 Å². The SMILES string of the molecule is c1cc(-c2cccc3c2sc2ccccc23)cc(-c2cc3c4ccccc4n4c5cccc6c7ccccc7c2c(c65)c34)c1. The van der Waals surface area contributed by atoms with Gasteiger partial charge >= 0.3 is 0 Å². The van der Waals surface area contributed by atoms with Crippen LogP contribution in [0.15, 0.2) is 140 Å². The Morgan fingerprint density at radius 1 is 0.386 bits per heavy atom. The maximum atomic E-state index is 2.51. The van der Waals surface area contributed by atoms with E-state index in [1.54, 1.807) is 0 Å². The standard InChI is InChI=1S/C42H23NS/c1-2-15-30-27(12-1)31-17-9-20-36-39(31)40-38(30)33(23-34-28-13-3-5-19-35(28)43(36)41(34)40)25-11-7-10-24(22-25)26-16-8-18-32-29-14-4-6-21-37(29)44-42(26)32/h1-23H. The number of aromatic nitrogens is 1. The Labute approximate surface area is 256 Å². The van der Waals surface area contributed by atoms with Crippen LogP contribution in [0.25, 0.3) is 102 Å². The molecule has 3 aromatic heterocycles. The number of benzene rings is 8. The van der Waals surface area contributed by atoms with Crippen LogP contribution in [0.5, 0.6) is 0 Å². The van der Waals surface area contributed by atoms with Gasteiger partial charge < -0.3 is 4.40 Å². The summed E-state index contributed by atoms with van der Waals surface area (Å²) in [6.07, 6.45) is 0. The minimum absolute atomic E-state index is 1.26. The lowest BCUT2D eigenvalue weighted by molar-refractivity contribution is 1.37. The lowest BCUT2D eigenvalue weighted by Gasteiger charge is -2.15. The Hall–Kier alpha value is -5.44. The molecule has 0 saturated carbocycles. The number of fused-ring (bicyclic) bond motifs is 10. The molecule has 0 aliphatic carbocycles. The third kappa shape index (κ3) is 2.75. The molecular formula is C42H23NS. The second kappa shape index (κ2) is 8.13. The van der Waals surface area contributed by atoms with Gasteiger partial charge in [-0.25, -0.2) is 0 Å². The Bertz CT molecular complexity index is 2940. The van der Waals surface area contributed by atoms with Gasteiger partial charge in [-0.05, 0) is 68.7 Å². The molecule has 0 amide bonds. The number of nitrogens with zero attached hydrogens (tertiary/aromatic N) is 1. The highest BCUT2D eigenvalue weighted by atomic mass is 32.1. The summed E-state index contributed by atoms with van der Waals surface area (Å²) in [6, 6.07) is 52.0. The molecule has 11 rings (SSSR count). The van der Waals surface area contributed by atoms with Crippen LogP contribution in [0.4, 0.5) is 0 Å². The molecule has 202 valence electrons. The Kier molecular flexibility index (Phi) is 4.26. The second-order valence-corrected chi connectivity index (χ2v) is 13.1. The molecule has 0 saturated heterocycles. The Balaban J connectivity index is 1.30. The highest BCUT2D eigenvalue weighted by molar-refractivity contribution is 7.26. The first kappa shape index (κ1) is 23.1. The summed E-state index contributed by atoms with van der Waals surface area (Å²) in [5.41, 5.74) is 9.03. The van der Waals surface area contributed by atoms with Gasteiger partial charge in [0, 0.05) is 47.1 Å². The molecule has 11 aromatic rings. The molecule has 0 spiro atoms. The minimum atomic E-state index is 1.26. The topological polar surface area (TPSA) is 4.41 Å². The molecule has 0 unspecified atom stereocenters. The predicted octanol–water partition coefficient (Wildman–Crippen LogP) is 12.3. The van der Waals surface area contributed by atoms with Crippen molar-refractivity contribution in [2.24, 2.45) is 0 Å². The monoisotopic (exact) mass is 573 g/mol. The van der Waals surface area contributed by atoms with E-state index in [0.29, 0.717) is 0 Å². The zero-order valence-electron chi connectivity index (χ0n) is 23.6. The molecule has 0 aliphatic heterocycles. The van der Waals surface area contributed by atoms with Crippen molar-refractivity contribution >= 4 is 91.1 Å². The summed E-state index contributed by atoms with van der Waals surface area (Å²) < 4.78 is 5.20. The maximum absolute atomic E-state index is 2.51. The molecule has 0 aliphatic rings. The van der Waals surface area contributed by atoms with Crippen LogP contribution in [0, 0.1) is 0 Å². The number of para-hydroxylation sites is 1. The van der Waals surface area contributed by atoms with Gasteiger partial charge in [-0.1, -0.05) is 109 Å². The van der Waals surface area contributed by atoms with Gasteiger partial charge in [-0.3, -0.25) is 0 Å². The Morgan fingerprint density at radius 3 is 1.93 bits per heavy atom. The van der Waals surface area contributed by atoms with E-state index in [1.165, 1.54) is 102 Å². The van der Waals surface area contributed by atoms with Crippen molar-refractivity contribution in [3.63, 3.8) is 0 Å². The van der Waals surface area contributed by atoms with Gasteiger partial charge in [0.05, 0.1) is 16.6 Å². The average Bonchev–Trinajstić information content (AvgIpc) is 3.75. The van der Waals surface area contributed by atoms with Crippen molar-refractivity contribution in [1.82, 2.24) is 4.40 Å². The molecule has 0 bridgehead atoms. The van der Waals surface area contributed by atoms with E-state index in [1.807, 2.05) is 11.3 Å². The van der Waals surface area contributed by atoms with Gasteiger partial charge in [0.2, 0.25) is 0 Å². The zero-order valence-corrected chi connectivity index (χ0v) is 24.5. The molecule has 0 fully saturated rings. The van der Waals surface area contributed by atoms with E-state index < -0.39 is 0 Å². The zero-order chi connectivity index (χ0) is 28.5. The highest BCUT2D eigenvalue weighted by Crippen LogP contribution is 2.50. The lowest BCUT2D eigenvalue weighted by Crippen LogP contribution is -1.88. The van der Waals surface area contributed by atoms with E-state index in [0.717, 1.165) is 0 Å². The molecule has 44 heavy (non-hydrogen) atoms. The van der Waals surface area contributed by atoms with Crippen molar-refractivity contribution in [2.45, 2.75) is 0 Å². The fraction of sp³-hybridized carbons (Fsp3) is 0. The lowest BCUT2D eigenvalue weighted by atomic mass is 9.87.